The fraction of sp³-hybridized carbons (Fsp3) is 0.273. The van der Waals surface area contributed by atoms with Crippen molar-refractivity contribution < 1.29 is 9.53 Å². The van der Waals surface area contributed by atoms with Gasteiger partial charge in [-0.25, -0.2) is 8.75 Å². The number of ether oxygens (including phenoxy) is 1. The van der Waals surface area contributed by atoms with Crippen LogP contribution in [0.25, 0.3) is 10.1 Å². The van der Waals surface area contributed by atoms with E-state index in [1.54, 1.807) is 13.0 Å². The Kier molecular flexibility index (Phi) is 2.78. The van der Waals surface area contributed by atoms with Gasteiger partial charge in [0.05, 0.1) is 17.2 Å². The van der Waals surface area contributed by atoms with Crippen molar-refractivity contribution in [3.05, 3.63) is 34.6 Å². The molecule has 1 heterocycles. The maximum atomic E-state index is 12.0. The van der Waals surface area contributed by atoms with Gasteiger partial charge < -0.3 is 4.74 Å². The van der Waals surface area contributed by atoms with E-state index in [1.165, 1.54) is 22.6 Å². The molecule has 0 aliphatic carbocycles. The molecule has 0 saturated carbocycles. The molecule has 0 unspecified atom stereocenters. The Morgan fingerprint density at radius 2 is 2.12 bits per heavy atom. The van der Waals surface area contributed by atoms with E-state index in [-0.39, 0.29) is 5.56 Å². The Hall–Kier alpha value is -1.62. The number of fused-ring (bicyclic) bond motifs is 1. The molecule has 0 aliphatic rings. The van der Waals surface area contributed by atoms with Crippen LogP contribution in [0.3, 0.4) is 0 Å². The lowest BCUT2D eigenvalue weighted by Crippen LogP contribution is -2.24. The van der Waals surface area contributed by atoms with Gasteiger partial charge in [0.1, 0.15) is 6.04 Å². The van der Waals surface area contributed by atoms with Crippen molar-refractivity contribution in [2.24, 2.45) is 0 Å². The minimum Gasteiger partial charge on any atom is -0.467 e. The van der Waals surface area contributed by atoms with Crippen LogP contribution in [0.2, 0.25) is 0 Å². The molecule has 0 saturated heterocycles. The van der Waals surface area contributed by atoms with Crippen molar-refractivity contribution >= 4 is 27.6 Å². The SMILES string of the molecule is COC(=O)[C@H](C)n1sc2ccccc2c1=O. The second-order valence-corrected chi connectivity index (χ2v) is 4.43. The summed E-state index contributed by atoms with van der Waals surface area (Å²) in [5.41, 5.74) is -0.140. The molecule has 0 spiro atoms. The van der Waals surface area contributed by atoms with E-state index in [4.69, 9.17) is 0 Å². The standard InChI is InChI=1S/C11H11NO3S/c1-7(11(14)15-2)12-10(13)8-5-3-4-6-9(8)16-12/h3-7H,1-2H3/t7-/m0/s1. The molecule has 0 amide bonds. The summed E-state index contributed by atoms with van der Waals surface area (Å²) in [5, 5.41) is 0.642. The zero-order valence-electron chi connectivity index (χ0n) is 8.97. The van der Waals surface area contributed by atoms with Crippen LogP contribution in [0.1, 0.15) is 13.0 Å². The van der Waals surface area contributed by atoms with Crippen LogP contribution in [0, 0.1) is 0 Å². The van der Waals surface area contributed by atoms with Gasteiger partial charge in [-0.3, -0.25) is 4.79 Å². The molecular formula is C11H11NO3S. The van der Waals surface area contributed by atoms with E-state index in [0.717, 1.165) is 4.70 Å². The highest BCUT2D eigenvalue weighted by molar-refractivity contribution is 7.13. The minimum absolute atomic E-state index is 0.140. The highest BCUT2D eigenvalue weighted by Gasteiger charge is 2.19. The Bertz CT molecular complexity index is 584. The van der Waals surface area contributed by atoms with Crippen LogP contribution < -0.4 is 5.56 Å². The Morgan fingerprint density at radius 3 is 2.75 bits per heavy atom. The van der Waals surface area contributed by atoms with Gasteiger partial charge >= 0.3 is 5.97 Å². The quantitative estimate of drug-likeness (QED) is 0.748. The second-order valence-electron chi connectivity index (χ2n) is 3.42. The number of esters is 1. The zero-order chi connectivity index (χ0) is 11.7. The lowest BCUT2D eigenvalue weighted by atomic mass is 10.3. The third-order valence-corrected chi connectivity index (χ3v) is 3.64. The molecule has 0 N–H and O–H groups in total. The number of carbonyl (C=O) groups excluding carboxylic acids is 1. The first-order valence-corrected chi connectivity index (χ1v) is 5.61. The second kappa shape index (κ2) is 4.09. The third-order valence-electron chi connectivity index (χ3n) is 2.41. The van der Waals surface area contributed by atoms with Crippen LogP contribution in [0.4, 0.5) is 0 Å². The fourth-order valence-electron chi connectivity index (χ4n) is 1.51. The number of benzene rings is 1. The Morgan fingerprint density at radius 1 is 1.44 bits per heavy atom. The highest BCUT2D eigenvalue weighted by atomic mass is 32.1. The molecule has 2 aromatic rings. The first-order chi connectivity index (χ1) is 7.65. The number of nitrogens with zero attached hydrogens (tertiary/aromatic N) is 1. The summed E-state index contributed by atoms with van der Waals surface area (Å²) < 4.78 is 6.94. The maximum Gasteiger partial charge on any atom is 0.329 e. The molecule has 16 heavy (non-hydrogen) atoms. The van der Waals surface area contributed by atoms with Crippen LogP contribution in [-0.2, 0) is 9.53 Å². The van der Waals surface area contributed by atoms with Gasteiger partial charge in [-0.15, -0.1) is 0 Å². The summed E-state index contributed by atoms with van der Waals surface area (Å²) in [5.74, 6) is -0.409. The predicted octanol–water partition coefficient (Wildman–Crippen LogP) is 1.80. The van der Waals surface area contributed by atoms with Crippen molar-refractivity contribution in [3.63, 3.8) is 0 Å². The van der Waals surface area contributed by atoms with E-state index >= 15 is 0 Å². The molecule has 0 aliphatic heterocycles. The number of hydrogen-bond acceptors (Lipinski definition) is 4. The monoisotopic (exact) mass is 237 g/mol. The molecule has 0 bridgehead atoms. The zero-order valence-corrected chi connectivity index (χ0v) is 9.78. The molecule has 2 rings (SSSR count). The summed E-state index contributed by atoms with van der Waals surface area (Å²) >= 11 is 1.28. The summed E-state index contributed by atoms with van der Waals surface area (Å²) in [7, 11) is 1.32. The minimum atomic E-state index is -0.574. The van der Waals surface area contributed by atoms with Crippen LogP contribution in [0.15, 0.2) is 29.1 Å². The van der Waals surface area contributed by atoms with Crippen molar-refractivity contribution in [3.8, 4) is 0 Å². The summed E-state index contributed by atoms with van der Waals surface area (Å²) in [6, 6.07) is 6.72. The Balaban J connectivity index is 2.58. The summed E-state index contributed by atoms with van der Waals surface area (Å²) in [4.78, 5) is 23.3. The molecular weight excluding hydrogens is 226 g/mol. The molecule has 84 valence electrons. The van der Waals surface area contributed by atoms with Gasteiger partial charge in [0, 0.05) is 0 Å². The number of carbonyl (C=O) groups is 1. The molecule has 1 atom stereocenters. The van der Waals surface area contributed by atoms with E-state index in [1.807, 2.05) is 18.2 Å². The third kappa shape index (κ3) is 1.63. The number of methoxy groups -OCH3 is 1. The van der Waals surface area contributed by atoms with Gasteiger partial charge in [0.2, 0.25) is 0 Å². The average Bonchev–Trinajstić information content (AvgIpc) is 2.65. The number of rotatable bonds is 2. The molecule has 5 heteroatoms. The van der Waals surface area contributed by atoms with E-state index < -0.39 is 12.0 Å². The van der Waals surface area contributed by atoms with Gasteiger partial charge in [-0.05, 0) is 19.1 Å². The first kappa shape index (κ1) is 10.9. The topological polar surface area (TPSA) is 48.3 Å². The van der Waals surface area contributed by atoms with Crippen molar-refractivity contribution in [1.82, 2.24) is 3.96 Å². The van der Waals surface area contributed by atoms with Gasteiger partial charge in [0.25, 0.3) is 5.56 Å². The lowest BCUT2D eigenvalue weighted by molar-refractivity contribution is -0.143. The van der Waals surface area contributed by atoms with Crippen molar-refractivity contribution in [1.29, 1.82) is 0 Å². The molecule has 0 radical (unpaired) electrons. The smallest absolute Gasteiger partial charge is 0.329 e. The van der Waals surface area contributed by atoms with Crippen LogP contribution in [-0.4, -0.2) is 17.0 Å². The molecule has 4 nitrogen and oxygen atoms in total. The first-order valence-electron chi connectivity index (χ1n) is 4.83. The predicted molar refractivity (Wildman–Crippen MR) is 62.8 cm³/mol. The Labute approximate surface area is 96.2 Å². The van der Waals surface area contributed by atoms with E-state index in [2.05, 4.69) is 4.74 Å². The van der Waals surface area contributed by atoms with Crippen molar-refractivity contribution in [2.45, 2.75) is 13.0 Å². The average molecular weight is 237 g/mol. The number of hydrogen-bond donors (Lipinski definition) is 0. The van der Waals surface area contributed by atoms with Crippen LogP contribution in [0.5, 0.6) is 0 Å². The molecule has 1 aromatic carbocycles. The molecule has 1 aromatic heterocycles. The van der Waals surface area contributed by atoms with Gasteiger partial charge in [-0.2, -0.15) is 0 Å². The normalized spacial score (nSPS) is 12.6. The van der Waals surface area contributed by atoms with Gasteiger partial charge in [-0.1, -0.05) is 23.7 Å². The number of aromatic nitrogens is 1. The van der Waals surface area contributed by atoms with Crippen LogP contribution >= 0.6 is 11.5 Å². The largest absolute Gasteiger partial charge is 0.467 e. The summed E-state index contributed by atoms with van der Waals surface area (Å²) in [6.45, 7) is 1.66. The summed E-state index contributed by atoms with van der Waals surface area (Å²) in [6.07, 6.45) is 0. The fourth-order valence-corrected chi connectivity index (χ4v) is 2.54. The lowest BCUT2D eigenvalue weighted by Gasteiger charge is -2.07. The maximum absolute atomic E-state index is 12.0. The van der Waals surface area contributed by atoms with E-state index in [9.17, 15) is 9.59 Å². The highest BCUT2D eigenvalue weighted by Crippen LogP contribution is 2.19. The van der Waals surface area contributed by atoms with Gasteiger partial charge in [0.15, 0.2) is 0 Å². The van der Waals surface area contributed by atoms with E-state index in [0.29, 0.717) is 5.39 Å². The molecule has 0 fully saturated rings. The van der Waals surface area contributed by atoms with Crippen molar-refractivity contribution in [2.75, 3.05) is 7.11 Å².